The number of alkyl halides is 1. The second-order valence-electron chi connectivity index (χ2n) is 8.75. The number of hydrogen-bond donors (Lipinski definition) is 0. The zero-order valence-corrected chi connectivity index (χ0v) is 14.5. The van der Waals surface area contributed by atoms with E-state index in [9.17, 15) is 4.79 Å². The summed E-state index contributed by atoms with van der Waals surface area (Å²) < 4.78 is 0. The van der Waals surface area contributed by atoms with E-state index in [2.05, 4.69) is 36.1 Å². The lowest BCUT2D eigenvalue weighted by molar-refractivity contribution is -0.142. The first-order chi connectivity index (χ1) is 11.0. The average molecular weight is 330 g/mol. The van der Waals surface area contributed by atoms with Crippen molar-refractivity contribution in [3.63, 3.8) is 0 Å². The van der Waals surface area contributed by atoms with Crippen LogP contribution >= 0.6 is 11.6 Å². The monoisotopic (exact) mass is 329 g/mol. The van der Waals surface area contributed by atoms with Crippen molar-refractivity contribution in [1.29, 1.82) is 0 Å². The highest BCUT2D eigenvalue weighted by Crippen LogP contribution is 2.64. The van der Waals surface area contributed by atoms with Crippen LogP contribution in [-0.2, 0) is 11.2 Å². The number of carbonyl (C=O) groups excluding carboxylic acids is 1. The van der Waals surface area contributed by atoms with Crippen LogP contribution < -0.4 is 4.90 Å². The molecule has 4 aliphatic carbocycles. The van der Waals surface area contributed by atoms with Crippen molar-refractivity contribution in [3.05, 3.63) is 29.8 Å². The topological polar surface area (TPSA) is 20.3 Å². The van der Waals surface area contributed by atoms with Gasteiger partial charge in [-0.2, -0.15) is 0 Å². The van der Waals surface area contributed by atoms with Gasteiger partial charge >= 0.3 is 0 Å². The first-order valence-corrected chi connectivity index (χ1v) is 9.46. The van der Waals surface area contributed by atoms with E-state index in [1.54, 1.807) is 0 Å². The fraction of sp³-hybridized carbons (Fsp3) is 0.650. The Bertz CT molecular complexity index is 670. The smallest absolute Gasteiger partial charge is 0.233 e. The average Bonchev–Trinajstić information content (AvgIpc) is 2.79. The van der Waals surface area contributed by atoms with Crippen LogP contribution in [0.3, 0.4) is 0 Å². The summed E-state index contributed by atoms with van der Waals surface area (Å²) in [6.45, 7) is 2.19. The predicted molar refractivity (Wildman–Crippen MR) is 92.8 cm³/mol. The van der Waals surface area contributed by atoms with Gasteiger partial charge in [0.1, 0.15) is 0 Å². The summed E-state index contributed by atoms with van der Waals surface area (Å²) in [6, 6.07) is 8.70. The molecule has 3 heteroatoms. The molecule has 122 valence electrons. The van der Waals surface area contributed by atoms with Gasteiger partial charge in [0.15, 0.2) is 0 Å². The Labute approximate surface area is 143 Å². The Balaban J connectivity index is 1.54. The quantitative estimate of drug-likeness (QED) is 0.692. The molecule has 1 heterocycles. The lowest BCUT2D eigenvalue weighted by atomic mass is 9.49. The molecule has 4 fully saturated rings. The Morgan fingerprint density at radius 3 is 2.57 bits per heavy atom. The first-order valence-electron chi connectivity index (χ1n) is 9.09. The van der Waals surface area contributed by atoms with Crippen LogP contribution in [0, 0.1) is 17.3 Å². The van der Waals surface area contributed by atoms with Crippen LogP contribution in [0.1, 0.15) is 51.0 Å². The molecule has 6 rings (SSSR count). The largest absolute Gasteiger partial charge is 0.309 e. The Morgan fingerprint density at radius 2 is 1.87 bits per heavy atom. The Hall–Kier alpha value is -1.02. The number of amides is 1. The Kier molecular flexibility index (Phi) is 2.83. The summed E-state index contributed by atoms with van der Waals surface area (Å²) in [6.07, 6.45) is 7.59. The molecule has 5 aliphatic rings. The number of nitrogens with zero attached hydrogens (tertiary/aromatic N) is 1. The van der Waals surface area contributed by atoms with Gasteiger partial charge in [-0.1, -0.05) is 18.2 Å². The number of benzene rings is 1. The van der Waals surface area contributed by atoms with Gasteiger partial charge in [0.25, 0.3) is 0 Å². The third-order valence-electron chi connectivity index (χ3n) is 6.87. The normalized spacial score (nSPS) is 43.7. The molecule has 0 N–H and O–H groups in total. The van der Waals surface area contributed by atoms with Crippen molar-refractivity contribution in [2.24, 2.45) is 17.3 Å². The molecule has 0 saturated heterocycles. The van der Waals surface area contributed by atoms with E-state index in [-0.39, 0.29) is 16.3 Å². The van der Waals surface area contributed by atoms with Gasteiger partial charge in [0, 0.05) is 16.6 Å². The molecule has 1 aromatic carbocycles. The minimum atomic E-state index is -0.183. The predicted octanol–water partition coefficient (Wildman–Crippen LogP) is 4.54. The van der Waals surface area contributed by atoms with Gasteiger partial charge in [0.2, 0.25) is 5.91 Å². The molecule has 4 bridgehead atoms. The molecule has 0 spiro atoms. The van der Waals surface area contributed by atoms with E-state index < -0.39 is 0 Å². The van der Waals surface area contributed by atoms with Gasteiger partial charge in [-0.3, -0.25) is 4.79 Å². The molecular weight excluding hydrogens is 306 g/mol. The molecule has 1 amide bonds. The fourth-order valence-electron chi connectivity index (χ4n) is 6.53. The molecule has 1 aromatic rings. The van der Waals surface area contributed by atoms with Gasteiger partial charge in [-0.25, -0.2) is 0 Å². The van der Waals surface area contributed by atoms with E-state index in [1.807, 2.05) is 0 Å². The van der Waals surface area contributed by atoms with Crippen molar-refractivity contribution in [2.75, 3.05) is 4.90 Å². The molecule has 2 nitrogen and oxygen atoms in total. The molecule has 0 unspecified atom stereocenters. The summed E-state index contributed by atoms with van der Waals surface area (Å²) in [5.41, 5.74) is 2.28. The maximum absolute atomic E-state index is 13.7. The van der Waals surface area contributed by atoms with Gasteiger partial charge in [0.05, 0.1) is 5.41 Å². The minimum Gasteiger partial charge on any atom is -0.309 e. The van der Waals surface area contributed by atoms with Gasteiger partial charge in [-0.05, 0) is 75.3 Å². The highest BCUT2D eigenvalue weighted by molar-refractivity contribution is 6.24. The maximum Gasteiger partial charge on any atom is 0.233 e. The van der Waals surface area contributed by atoms with Crippen molar-refractivity contribution in [2.45, 2.75) is 62.8 Å². The van der Waals surface area contributed by atoms with Crippen LogP contribution in [0.25, 0.3) is 0 Å². The molecule has 0 aromatic heterocycles. The van der Waals surface area contributed by atoms with Crippen LogP contribution in [0.2, 0.25) is 0 Å². The summed E-state index contributed by atoms with van der Waals surface area (Å²) >= 11 is 6.94. The lowest BCUT2D eigenvalue weighted by Crippen LogP contribution is -2.59. The minimum absolute atomic E-state index is 0.0950. The summed E-state index contributed by atoms with van der Waals surface area (Å²) in [5, 5.41) is 0. The van der Waals surface area contributed by atoms with Gasteiger partial charge in [-0.15, -0.1) is 11.6 Å². The van der Waals surface area contributed by atoms with Crippen molar-refractivity contribution >= 4 is 23.2 Å². The summed E-state index contributed by atoms with van der Waals surface area (Å²) in [5.74, 6) is 1.71. The second kappa shape index (κ2) is 4.53. The first kappa shape index (κ1) is 14.3. The number of hydrogen-bond acceptors (Lipinski definition) is 1. The van der Waals surface area contributed by atoms with Crippen molar-refractivity contribution in [1.82, 2.24) is 0 Å². The van der Waals surface area contributed by atoms with Crippen LogP contribution in [-0.4, -0.2) is 16.8 Å². The van der Waals surface area contributed by atoms with E-state index in [0.717, 1.165) is 44.2 Å². The standard InChI is InChI=1S/C20H24ClNO/c1-13-6-16-4-2-3-5-17(16)22(13)18(23)19-8-14-7-15(9-19)11-20(21,10-14)12-19/h2-5,13-15H,6-12H2,1H3/t13-,14+,15+,19?,20?/m1/s1. The second-order valence-corrected chi connectivity index (χ2v) is 9.55. The highest BCUT2D eigenvalue weighted by atomic mass is 35.5. The zero-order valence-electron chi connectivity index (χ0n) is 13.7. The number of fused-ring (bicyclic) bond motifs is 1. The molecule has 4 saturated carbocycles. The van der Waals surface area contributed by atoms with Gasteiger partial charge < -0.3 is 4.90 Å². The third kappa shape index (κ3) is 1.97. The SMILES string of the molecule is C[C@@H]1Cc2ccccc2N1C(=O)C12C[C@@H]3C[C@H](CC(Cl)(C3)C1)C2. The van der Waals surface area contributed by atoms with Crippen molar-refractivity contribution in [3.8, 4) is 0 Å². The van der Waals surface area contributed by atoms with Crippen LogP contribution in [0.4, 0.5) is 5.69 Å². The zero-order chi connectivity index (χ0) is 15.8. The number of anilines is 1. The van der Waals surface area contributed by atoms with Crippen molar-refractivity contribution < 1.29 is 4.79 Å². The molecule has 3 atom stereocenters. The highest BCUT2D eigenvalue weighted by Gasteiger charge is 2.61. The lowest BCUT2D eigenvalue weighted by Gasteiger charge is -2.59. The number of para-hydroxylation sites is 1. The Morgan fingerprint density at radius 1 is 1.17 bits per heavy atom. The molecular formula is C20H24ClNO. The maximum atomic E-state index is 13.7. The van der Waals surface area contributed by atoms with Crippen LogP contribution in [0.5, 0.6) is 0 Å². The fourth-order valence-corrected chi connectivity index (χ4v) is 7.22. The number of carbonyl (C=O) groups is 1. The van der Waals surface area contributed by atoms with E-state index in [1.165, 1.54) is 12.0 Å². The summed E-state index contributed by atoms with van der Waals surface area (Å²) in [7, 11) is 0. The molecule has 0 radical (unpaired) electrons. The number of rotatable bonds is 1. The van der Waals surface area contributed by atoms with E-state index in [0.29, 0.717) is 17.7 Å². The van der Waals surface area contributed by atoms with E-state index >= 15 is 0 Å². The van der Waals surface area contributed by atoms with E-state index in [4.69, 9.17) is 11.6 Å². The number of halogens is 1. The molecule has 23 heavy (non-hydrogen) atoms. The van der Waals surface area contributed by atoms with Crippen LogP contribution in [0.15, 0.2) is 24.3 Å². The molecule has 1 aliphatic heterocycles. The summed E-state index contributed by atoms with van der Waals surface area (Å²) in [4.78, 5) is 15.7. The third-order valence-corrected chi connectivity index (χ3v) is 7.31.